The number of Topliss-reactive ketones (excluding diaryl/α,β-unsaturated/α-hetero) is 1. The number of ketones is 1. The predicted octanol–water partition coefficient (Wildman–Crippen LogP) is 3.20. The molecule has 5 heteroatoms. The van der Waals surface area contributed by atoms with Crippen molar-refractivity contribution in [2.75, 3.05) is 0 Å². The van der Waals surface area contributed by atoms with Gasteiger partial charge in [0.2, 0.25) is 0 Å². The van der Waals surface area contributed by atoms with Crippen LogP contribution in [0.25, 0.3) is 0 Å². The van der Waals surface area contributed by atoms with Crippen LogP contribution < -0.4 is 0 Å². The molecule has 0 fully saturated rings. The summed E-state index contributed by atoms with van der Waals surface area (Å²) in [6.07, 6.45) is 0.911. The molecular formula is C14H14ClFN2O. The third-order valence-corrected chi connectivity index (χ3v) is 3.28. The van der Waals surface area contributed by atoms with Crippen molar-refractivity contribution in [1.82, 2.24) is 9.78 Å². The maximum absolute atomic E-state index is 13.8. The van der Waals surface area contributed by atoms with E-state index < -0.39 is 5.82 Å². The Balaban J connectivity index is 2.25. The zero-order valence-corrected chi connectivity index (χ0v) is 11.5. The van der Waals surface area contributed by atoms with E-state index in [1.54, 1.807) is 17.8 Å². The highest BCUT2D eigenvalue weighted by molar-refractivity contribution is 6.31. The molecule has 100 valence electrons. The lowest BCUT2D eigenvalue weighted by molar-refractivity contribution is 0.0987. The molecule has 2 aromatic rings. The van der Waals surface area contributed by atoms with Crippen molar-refractivity contribution in [3.63, 3.8) is 0 Å². The van der Waals surface area contributed by atoms with Gasteiger partial charge in [-0.1, -0.05) is 24.6 Å². The fourth-order valence-electron chi connectivity index (χ4n) is 1.89. The molecule has 0 atom stereocenters. The lowest BCUT2D eigenvalue weighted by atomic mass is 10.1. The molecule has 0 aliphatic rings. The highest BCUT2D eigenvalue weighted by Crippen LogP contribution is 2.19. The van der Waals surface area contributed by atoms with E-state index >= 15 is 0 Å². The van der Waals surface area contributed by atoms with Crippen LogP contribution in [-0.2, 0) is 19.9 Å². The van der Waals surface area contributed by atoms with Gasteiger partial charge < -0.3 is 0 Å². The van der Waals surface area contributed by atoms with Gasteiger partial charge >= 0.3 is 0 Å². The van der Waals surface area contributed by atoms with Gasteiger partial charge in [-0.25, -0.2) is 4.39 Å². The van der Waals surface area contributed by atoms with Crippen LogP contribution in [0.15, 0.2) is 24.3 Å². The van der Waals surface area contributed by atoms with Crippen molar-refractivity contribution in [2.24, 2.45) is 7.05 Å². The summed E-state index contributed by atoms with van der Waals surface area (Å²) >= 11 is 5.67. The molecule has 19 heavy (non-hydrogen) atoms. The Hall–Kier alpha value is -1.68. The summed E-state index contributed by atoms with van der Waals surface area (Å²) < 4.78 is 15.4. The zero-order chi connectivity index (χ0) is 14.0. The van der Waals surface area contributed by atoms with Crippen molar-refractivity contribution < 1.29 is 9.18 Å². The van der Waals surface area contributed by atoms with Gasteiger partial charge in [0.1, 0.15) is 0 Å². The molecule has 1 aromatic heterocycles. The summed E-state index contributed by atoms with van der Waals surface area (Å²) in [5.74, 6) is -0.960. The van der Waals surface area contributed by atoms with Gasteiger partial charge in [-0.2, -0.15) is 5.10 Å². The highest BCUT2D eigenvalue weighted by Gasteiger charge is 2.16. The van der Waals surface area contributed by atoms with Crippen molar-refractivity contribution in [1.29, 1.82) is 0 Å². The maximum atomic E-state index is 13.8. The second-order valence-corrected chi connectivity index (χ2v) is 4.71. The summed E-state index contributed by atoms with van der Waals surface area (Å²) in [6, 6.07) is 6.30. The quantitative estimate of drug-likeness (QED) is 0.806. The number of nitrogens with zero attached hydrogens (tertiary/aromatic N) is 2. The smallest absolute Gasteiger partial charge is 0.171 e. The van der Waals surface area contributed by atoms with Crippen LogP contribution in [0.5, 0.6) is 0 Å². The average Bonchev–Trinajstić information content (AvgIpc) is 2.73. The molecule has 0 radical (unpaired) electrons. The second kappa shape index (κ2) is 5.53. The Morgan fingerprint density at radius 2 is 2.21 bits per heavy atom. The van der Waals surface area contributed by atoms with Gasteiger partial charge in [0, 0.05) is 12.7 Å². The van der Waals surface area contributed by atoms with Gasteiger partial charge in [-0.05, 0) is 24.6 Å². The number of benzene rings is 1. The molecule has 3 nitrogen and oxygen atoms in total. The molecule has 0 N–H and O–H groups in total. The van der Waals surface area contributed by atoms with Crippen LogP contribution in [-0.4, -0.2) is 15.6 Å². The average molecular weight is 281 g/mol. The standard InChI is InChI=1S/C14H14ClFN2O/c1-3-9-7-10(18(2)17-9)8-13(19)11-5-4-6-12(15)14(11)16/h4-7H,3,8H2,1-2H3. The summed E-state index contributed by atoms with van der Waals surface area (Å²) in [5, 5.41) is 4.22. The first-order valence-corrected chi connectivity index (χ1v) is 6.39. The van der Waals surface area contributed by atoms with Gasteiger partial charge in [-0.3, -0.25) is 9.48 Å². The van der Waals surface area contributed by atoms with Crippen molar-refractivity contribution in [3.8, 4) is 0 Å². The number of rotatable bonds is 4. The van der Waals surface area contributed by atoms with E-state index in [9.17, 15) is 9.18 Å². The lowest BCUT2D eigenvalue weighted by Gasteiger charge is -2.04. The van der Waals surface area contributed by atoms with E-state index in [4.69, 9.17) is 11.6 Å². The minimum atomic E-state index is -0.660. The summed E-state index contributed by atoms with van der Waals surface area (Å²) in [7, 11) is 1.77. The zero-order valence-electron chi connectivity index (χ0n) is 10.8. The molecule has 0 aliphatic heterocycles. The van der Waals surface area contributed by atoms with E-state index in [1.807, 2.05) is 13.0 Å². The molecule has 0 saturated carbocycles. The predicted molar refractivity (Wildman–Crippen MR) is 72.0 cm³/mol. The molecular weight excluding hydrogens is 267 g/mol. The third kappa shape index (κ3) is 2.84. The number of hydrogen-bond donors (Lipinski definition) is 0. The first-order valence-electron chi connectivity index (χ1n) is 6.02. The van der Waals surface area contributed by atoms with Gasteiger partial charge in [-0.15, -0.1) is 0 Å². The minimum Gasteiger partial charge on any atom is -0.294 e. The SMILES string of the molecule is CCc1cc(CC(=O)c2cccc(Cl)c2F)n(C)n1. The minimum absolute atomic E-state index is 0.0201. The molecule has 0 unspecified atom stereocenters. The lowest BCUT2D eigenvalue weighted by Crippen LogP contribution is -2.09. The van der Waals surface area contributed by atoms with E-state index in [0.29, 0.717) is 0 Å². The van der Waals surface area contributed by atoms with Crippen LogP contribution in [0.4, 0.5) is 4.39 Å². The van der Waals surface area contributed by atoms with E-state index in [0.717, 1.165) is 17.8 Å². The molecule has 0 spiro atoms. The molecule has 0 saturated heterocycles. The first-order chi connectivity index (χ1) is 9.02. The maximum Gasteiger partial charge on any atom is 0.171 e. The summed E-state index contributed by atoms with van der Waals surface area (Å²) in [5.41, 5.74) is 1.70. The Bertz CT molecular complexity index is 622. The largest absolute Gasteiger partial charge is 0.294 e. The number of hydrogen-bond acceptors (Lipinski definition) is 2. The molecule has 2 rings (SSSR count). The second-order valence-electron chi connectivity index (χ2n) is 4.31. The normalized spacial score (nSPS) is 10.7. The van der Waals surface area contributed by atoms with Crippen molar-refractivity contribution in [2.45, 2.75) is 19.8 Å². The number of carbonyl (C=O) groups is 1. The molecule has 1 heterocycles. The molecule has 0 amide bonds. The van der Waals surface area contributed by atoms with Gasteiger partial charge in [0.15, 0.2) is 11.6 Å². The van der Waals surface area contributed by atoms with E-state index in [2.05, 4.69) is 5.10 Å². The summed E-state index contributed by atoms with van der Waals surface area (Å²) in [4.78, 5) is 12.1. The van der Waals surface area contributed by atoms with Crippen LogP contribution in [0.1, 0.15) is 28.7 Å². The fraction of sp³-hybridized carbons (Fsp3) is 0.286. The van der Waals surface area contributed by atoms with Gasteiger partial charge in [0.05, 0.1) is 22.7 Å². The topological polar surface area (TPSA) is 34.9 Å². The molecule has 1 aromatic carbocycles. The van der Waals surface area contributed by atoms with Gasteiger partial charge in [0.25, 0.3) is 0 Å². The first kappa shape index (κ1) is 13.7. The van der Waals surface area contributed by atoms with Crippen LogP contribution in [0.2, 0.25) is 5.02 Å². The molecule has 0 aliphatic carbocycles. The Morgan fingerprint density at radius 1 is 1.47 bits per heavy atom. The van der Waals surface area contributed by atoms with Crippen molar-refractivity contribution in [3.05, 3.63) is 52.1 Å². The number of aromatic nitrogens is 2. The number of aryl methyl sites for hydroxylation is 2. The van der Waals surface area contributed by atoms with E-state index in [1.165, 1.54) is 12.1 Å². The van der Waals surface area contributed by atoms with Crippen LogP contribution >= 0.6 is 11.6 Å². The number of halogens is 2. The van der Waals surface area contributed by atoms with Crippen LogP contribution in [0.3, 0.4) is 0 Å². The third-order valence-electron chi connectivity index (χ3n) is 2.98. The molecule has 0 bridgehead atoms. The monoisotopic (exact) mass is 280 g/mol. The Kier molecular flexibility index (Phi) is 4.00. The highest BCUT2D eigenvalue weighted by atomic mass is 35.5. The number of carbonyl (C=O) groups excluding carboxylic acids is 1. The Labute approximate surface area is 116 Å². The van der Waals surface area contributed by atoms with Crippen molar-refractivity contribution >= 4 is 17.4 Å². The fourth-order valence-corrected chi connectivity index (χ4v) is 2.06. The van der Waals surface area contributed by atoms with Crippen LogP contribution in [0, 0.1) is 5.82 Å². The van der Waals surface area contributed by atoms with E-state index in [-0.39, 0.29) is 22.8 Å². The summed E-state index contributed by atoms with van der Waals surface area (Å²) in [6.45, 7) is 1.99. The Morgan fingerprint density at radius 3 is 2.84 bits per heavy atom.